The maximum Gasteiger partial charge on any atom is 0.573 e. The first-order chi connectivity index (χ1) is 9.39. The number of ether oxygens (including phenoxy) is 1. The fourth-order valence-electron chi connectivity index (χ4n) is 1.59. The average molecular weight is 302 g/mol. The maximum atomic E-state index is 12.0. The number of aromatic nitrogens is 1. The third-order valence-electron chi connectivity index (χ3n) is 2.66. The summed E-state index contributed by atoms with van der Waals surface area (Å²) >= 11 is 1.44. The number of alkyl halides is 3. The van der Waals surface area contributed by atoms with Crippen molar-refractivity contribution in [1.82, 2.24) is 4.98 Å². The predicted molar refractivity (Wildman–Crippen MR) is 71.5 cm³/mol. The van der Waals surface area contributed by atoms with Crippen molar-refractivity contribution in [2.45, 2.75) is 25.7 Å². The van der Waals surface area contributed by atoms with E-state index in [9.17, 15) is 13.2 Å². The molecule has 1 aromatic heterocycles. The minimum absolute atomic E-state index is 0.110. The lowest BCUT2D eigenvalue weighted by Gasteiger charge is -2.08. The van der Waals surface area contributed by atoms with Gasteiger partial charge in [0, 0.05) is 10.9 Å². The van der Waals surface area contributed by atoms with E-state index in [1.54, 1.807) is 0 Å². The first kappa shape index (κ1) is 14.8. The van der Waals surface area contributed by atoms with Gasteiger partial charge in [0.15, 0.2) is 0 Å². The Morgan fingerprint density at radius 3 is 2.50 bits per heavy atom. The highest BCUT2D eigenvalue weighted by Crippen LogP contribution is 2.28. The van der Waals surface area contributed by atoms with E-state index < -0.39 is 6.36 Å². The van der Waals surface area contributed by atoms with E-state index in [4.69, 9.17) is 5.73 Å². The smallest absolute Gasteiger partial charge is 0.406 e. The topological polar surface area (TPSA) is 48.1 Å². The molecule has 1 heterocycles. The van der Waals surface area contributed by atoms with Crippen molar-refractivity contribution in [2.24, 2.45) is 5.73 Å². The largest absolute Gasteiger partial charge is 0.573 e. The van der Waals surface area contributed by atoms with Crippen molar-refractivity contribution in [3.05, 3.63) is 34.7 Å². The zero-order valence-electron chi connectivity index (χ0n) is 10.6. The number of benzene rings is 1. The second-order valence-electron chi connectivity index (χ2n) is 4.16. The van der Waals surface area contributed by atoms with Crippen LogP contribution in [0.2, 0.25) is 0 Å². The Morgan fingerprint density at radius 2 is 1.95 bits per heavy atom. The number of rotatable bonds is 4. The Kier molecular flexibility index (Phi) is 4.29. The summed E-state index contributed by atoms with van der Waals surface area (Å²) in [6, 6.07) is 5.50. The number of hydrogen-bond acceptors (Lipinski definition) is 4. The molecule has 20 heavy (non-hydrogen) atoms. The molecule has 0 aliphatic heterocycles. The standard InChI is InChI=1S/C13H13F3N2OS/c1-2-10(17)12-18-11(7-20-12)8-3-5-9(6-4-8)19-13(14,15)16/h3-7,10H,2,17H2,1H3. The van der Waals surface area contributed by atoms with Crippen molar-refractivity contribution < 1.29 is 17.9 Å². The molecule has 1 unspecified atom stereocenters. The Morgan fingerprint density at radius 1 is 1.30 bits per heavy atom. The molecule has 3 nitrogen and oxygen atoms in total. The highest BCUT2D eigenvalue weighted by atomic mass is 32.1. The van der Waals surface area contributed by atoms with Gasteiger partial charge in [-0.25, -0.2) is 4.98 Å². The molecule has 1 aromatic carbocycles. The molecule has 2 rings (SSSR count). The lowest BCUT2D eigenvalue weighted by molar-refractivity contribution is -0.274. The van der Waals surface area contributed by atoms with Crippen molar-refractivity contribution in [3.8, 4) is 17.0 Å². The summed E-state index contributed by atoms with van der Waals surface area (Å²) in [7, 11) is 0. The van der Waals surface area contributed by atoms with Gasteiger partial charge in [-0.1, -0.05) is 6.92 Å². The van der Waals surface area contributed by atoms with Crippen molar-refractivity contribution >= 4 is 11.3 Å². The second kappa shape index (κ2) is 5.80. The van der Waals surface area contributed by atoms with Gasteiger partial charge in [-0.05, 0) is 30.7 Å². The van der Waals surface area contributed by atoms with Crippen LogP contribution in [-0.2, 0) is 0 Å². The summed E-state index contributed by atoms with van der Waals surface area (Å²) in [6.07, 6.45) is -3.89. The van der Waals surface area contributed by atoms with Crippen LogP contribution >= 0.6 is 11.3 Å². The summed E-state index contributed by atoms with van der Waals surface area (Å²) in [5.41, 5.74) is 7.31. The zero-order valence-corrected chi connectivity index (χ0v) is 11.5. The molecule has 108 valence electrons. The van der Waals surface area contributed by atoms with E-state index in [2.05, 4.69) is 9.72 Å². The van der Waals surface area contributed by atoms with E-state index in [0.717, 1.165) is 17.0 Å². The Hall–Kier alpha value is -1.60. The fourth-order valence-corrected chi connectivity index (χ4v) is 2.51. The van der Waals surface area contributed by atoms with Crippen molar-refractivity contribution in [3.63, 3.8) is 0 Å². The van der Waals surface area contributed by atoms with Crippen LogP contribution in [-0.4, -0.2) is 11.3 Å². The van der Waals surface area contributed by atoms with Crippen LogP contribution in [0.5, 0.6) is 5.75 Å². The van der Waals surface area contributed by atoms with Crippen molar-refractivity contribution in [1.29, 1.82) is 0 Å². The SMILES string of the molecule is CCC(N)c1nc(-c2ccc(OC(F)(F)F)cc2)cs1. The van der Waals surface area contributed by atoms with Gasteiger partial charge in [0.25, 0.3) is 0 Å². The number of thiazole rings is 1. The summed E-state index contributed by atoms with van der Waals surface area (Å²) in [6.45, 7) is 1.97. The fraction of sp³-hybridized carbons (Fsp3) is 0.308. The van der Waals surface area contributed by atoms with Gasteiger partial charge in [0.05, 0.1) is 11.7 Å². The molecular formula is C13H13F3N2OS. The molecular weight excluding hydrogens is 289 g/mol. The molecule has 2 aromatic rings. The van der Waals surface area contributed by atoms with E-state index >= 15 is 0 Å². The Bertz CT molecular complexity index is 566. The summed E-state index contributed by atoms with van der Waals surface area (Å²) in [5.74, 6) is -0.248. The Balaban J connectivity index is 2.15. The van der Waals surface area contributed by atoms with E-state index in [1.807, 2.05) is 12.3 Å². The number of hydrogen-bond donors (Lipinski definition) is 1. The van der Waals surface area contributed by atoms with Gasteiger partial charge in [0.2, 0.25) is 0 Å². The Labute approximate surface area is 118 Å². The normalized spacial score (nSPS) is 13.2. The molecule has 0 saturated heterocycles. The van der Waals surface area contributed by atoms with Crippen LogP contribution in [0.15, 0.2) is 29.6 Å². The molecule has 2 N–H and O–H groups in total. The van der Waals surface area contributed by atoms with Crippen LogP contribution < -0.4 is 10.5 Å². The van der Waals surface area contributed by atoms with Crippen LogP contribution in [0.3, 0.4) is 0 Å². The second-order valence-corrected chi connectivity index (χ2v) is 5.05. The van der Waals surface area contributed by atoms with E-state index in [-0.39, 0.29) is 11.8 Å². The number of nitrogens with zero attached hydrogens (tertiary/aromatic N) is 1. The summed E-state index contributed by atoms with van der Waals surface area (Å²) in [4.78, 5) is 4.39. The monoisotopic (exact) mass is 302 g/mol. The molecule has 0 aliphatic carbocycles. The lowest BCUT2D eigenvalue weighted by Crippen LogP contribution is -2.16. The first-order valence-electron chi connectivity index (χ1n) is 5.96. The molecule has 0 radical (unpaired) electrons. The van der Waals surface area contributed by atoms with Gasteiger partial charge in [-0.3, -0.25) is 0 Å². The van der Waals surface area contributed by atoms with Gasteiger partial charge in [0.1, 0.15) is 10.8 Å². The lowest BCUT2D eigenvalue weighted by atomic mass is 10.1. The van der Waals surface area contributed by atoms with Gasteiger partial charge in [-0.2, -0.15) is 0 Å². The molecule has 0 saturated carbocycles. The van der Waals surface area contributed by atoms with Gasteiger partial charge in [-0.15, -0.1) is 24.5 Å². The molecule has 7 heteroatoms. The molecule has 0 spiro atoms. The minimum atomic E-state index is -4.68. The summed E-state index contributed by atoms with van der Waals surface area (Å²) < 4.78 is 40.0. The van der Waals surface area contributed by atoms with Crippen LogP contribution in [0.4, 0.5) is 13.2 Å². The number of halogens is 3. The molecule has 1 atom stereocenters. The van der Waals surface area contributed by atoms with Gasteiger partial charge < -0.3 is 10.5 Å². The predicted octanol–water partition coefficient (Wildman–Crippen LogP) is 4.12. The molecule has 0 fully saturated rings. The summed E-state index contributed by atoms with van der Waals surface area (Å²) in [5, 5.41) is 2.66. The van der Waals surface area contributed by atoms with Crippen molar-refractivity contribution in [2.75, 3.05) is 0 Å². The highest BCUT2D eigenvalue weighted by Gasteiger charge is 2.30. The van der Waals surface area contributed by atoms with E-state index in [0.29, 0.717) is 5.69 Å². The third kappa shape index (κ3) is 3.71. The quantitative estimate of drug-likeness (QED) is 0.924. The number of nitrogens with two attached hydrogens (primary N) is 1. The maximum absolute atomic E-state index is 12.0. The first-order valence-corrected chi connectivity index (χ1v) is 6.84. The average Bonchev–Trinajstić information content (AvgIpc) is 2.86. The van der Waals surface area contributed by atoms with Crippen LogP contribution in [0.1, 0.15) is 24.4 Å². The van der Waals surface area contributed by atoms with Gasteiger partial charge >= 0.3 is 6.36 Å². The molecule has 0 amide bonds. The minimum Gasteiger partial charge on any atom is -0.406 e. The highest BCUT2D eigenvalue weighted by molar-refractivity contribution is 7.10. The third-order valence-corrected chi connectivity index (χ3v) is 3.64. The molecule has 0 aliphatic rings. The van der Waals surface area contributed by atoms with Crippen LogP contribution in [0, 0.1) is 0 Å². The zero-order chi connectivity index (χ0) is 14.8. The molecule has 0 bridgehead atoms. The van der Waals surface area contributed by atoms with Crippen LogP contribution in [0.25, 0.3) is 11.3 Å². The van der Waals surface area contributed by atoms with E-state index in [1.165, 1.54) is 35.6 Å².